The van der Waals surface area contributed by atoms with Crippen LogP contribution >= 0.6 is 0 Å². The van der Waals surface area contributed by atoms with Crippen molar-refractivity contribution in [3.05, 3.63) is 0 Å². The van der Waals surface area contributed by atoms with Crippen LogP contribution in [-0.2, 0) is 0 Å². The lowest BCUT2D eigenvalue weighted by atomic mass is 10.3. The molecule has 0 atom stereocenters. The molecule has 0 amide bonds. The van der Waals surface area contributed by atoms with Crippen molar-refractivity contribution in [1.29, 1.82) is 0 Å². The first-order valence-electron chi connectivity index (χ1n) is 9.59. The largest absolute Gasteiger partial charge is 0.314 e. The second-order valence-electron chi connectivity index (χ2n) is 6.05. The molecule has 0 rings (SSSR count). The molecule has 0 aromatic heterocycles. The molecule has 0 saturated heterocycles. The second kappa shape index (κ2) is 15.7. The molecule has 0 spiro atoms. The third kappa shape index (κ3) is 11.4. The van der Waals surface area contributed by atoms with E-state index in [1.54, 1.807) is 0 Å². The highest BCUT2D eigenvalue weighted by Crippen LogP contribution is 1.94. The van der Waals surface area contributed by atoms with Crippen LogP contribution in [0.1, 0.15) is 47.5 Å². The van der Waals surface area contributed by atoms with Crippen molar-refractivity contribution in [1.82, 2.24) is 20.0 Å². The molecule has 134 valence electrons. The topological polar surface area (TPSA) is 21.8 Å². The van der Waals surface area contributed by atoms with Gasteiger partial charge in [0.15, 0.2) is 0 Å². The van der Waals surface area contributed by atoms with E-state index in [2.05, 4.69) is 54.6 Å². The van der Waals surface area contributed by atoms with Gasteiger partial charge in [0.25, 0.3) is 0 Å². The molecule has 4 heteroatoms. The first-order chi connectivity index (χ1) is 10.7. The normalized spacial score (nSPS) is 12.0. The fourth-order valence-corrected chi connectivity index (χ4v) is 2.82. The smallest absolute Gasteiger partial charge is 0.0110 e. The van der Waals surface area contributed by atoms with Crippen LogP contribution in [0.3, 0.4) is 0 Å². The molecule has 1 N–H and O–H groups in total. The summed E-state index contributed by atoms with van der Waals surface area (Å²) in [7, 11) is 0. The molecule has 0 saturated carbocycles. The Hall–Kier alpha value is -0.160. The Morgan fingerprint density at radius 1 is 0.500 bits per heavy atom. The summed E-state index contributed by atoms with van der Waals surface area (Å²) in [6, 6.07) is 0. The van der Waals surface area contributed by atoms with Crippen LogP contribution in [0.15, 0.2) is 0 Å². The summed E-state index contributed by atoms with van der Waals surface area (Å²) in [5, 5.41) is 3.62. The van der Waals surface area contributed by atoms with Crippen molar-refractivity contribution < 1.29 is 0 Å². The quantitative estimate of drug-likeness (QED) is 0.442. The lowest BCUT2D eigenvalue weighted by Crippen LogP contribution is -2.40. The summed E-state index contributed by atoms with van der Waals surface area (Å²) in [5.41, 5.74) is 0. The highest BCUT2D eigenvalue weighted by Gasteiger charge is 2.05. The molecule has 4 nitrogen and oxygen atoms in total. The number of hydrogen-bond acceptors (Lipinski definition) is 4. The Labute approximate surface area is 140 Å². The highest BCUT2D eigenvalue weighted by molar-refractivity contribution is 4.63. The van der Waals surface area contributed by atoms with Crippen molar-refractivity contribution in [3.63, 3.8) is 0 Å². The molecule has 0 aliphatic carbocycles. The van der Waals surface area contributed by atoms with Crippen LogP contribution in [0.5, 0.6) is 0 Å². The fraction of sp³-hybridized carbons (Fsp3) is 1.00. The van der Waals surface area contributed by atoms with Crippen LogP contribution in [0.4, 0.5) is 0 Å². The van der Waals surface area contributed by atoms with Crippen LogP contribution in [-0.4, -0.2) is 86.7 Å². The van der Waals surface area contributed by atoms with E-state index < -0.39 is 0 Å². The minimum atomic E-state index is 1.11. The summed E-state index contributed by atoms with van der Waals surface area (Å²) in [5.74, 6) is 0. The van der Waals surface area contributed by atoms with Gasteiger partial charge in [-0.2, -0.15) is 0 Å². The Morgan fingerprint density at radius 3 is 1.41 bits per heavy atom. The zero-order valence-corrected chi connectivity index (χ0v) is 16.0. The fourth-order valence-electron chi connectivity index (χ4n) is 2.82. The molecule has 0 radical (unpaired) electrons. The van der Waals surface area contributed by atoms with Crippen molar-refractivity contribution in [2.45, 2.75) is 47.5 Å². The number of nitrogens with one attached hydrogen (secondary N) is 1. The average Bonchev–Trinajstić information content (AvgIpc) is 2.53. The number of nitrogens with zero attached hydrogens (tertiary/aromatic N) is 3. The van der Waals surface area contributed by atoms with Gasteiger partial charge >= 0.3 is 0 Å². The van der Waals surface area contributed by atoms with Crippen LogP contribution < -0.4 is 5.32 Å². The Kier molecular flexibility index (Phi) is 15.6. The van der Waals surface area contributed by atoms with Gasteiger partial charge in [0.05, 0.1) is 0 Å². The predicted molar refractivity (Wildman–Crippen MR) is 99.8 cm³/mol. The third-order valence-corrected chi connectivity index (χ3v) is 4.36. The standard InChI is InChI=1S/C18H42N4/c1-6-13-22(14-7-2)16-12-19-11-15-21(10-5)18-17-20(8-3)9-4/h19H,6-18H2,1-5H3. The molecule has 0 heterocycles. The van der Waals surface area contributed by atoms with Gasteiger partial charge in [-0.1, -0.05) is 34.6 Å². The number of rotatable bonds is 16. The first-order valence-corrected chi connectivity index (χ1v) is 9.59. The predicted octanol–water partition coefficient (Wildman–Crippen LogP) is 2.36. The van der Waals surface area contributed by atoms with Gasteiger partial charge in [-0.05, 0) is 45.6 Å². The summed E-state index contributed by atoms with van der Waals surface area (Å²) >= 11 is 0. The van der Waals surface area contributed by atoms with Crippen molar-refractivity contribution in [2.75, 3.05) is 72.0 Å². The minimum absolute atomic E-state index is 1.11. The SMILES string of the molecule is CCCN(CCC)CCNCCN(CC)CCN(CC)CC. The van der Waals surface area contributed by atoms with E-state index >= 15 is 0 Å². The van der Waals surface area contributed by atoms with E-state index in [1.807, 2.05) is 0 Å². The zero-order valence-electron chi connectivity index (χ0n) is 16.0. The maximum Gasteiger partial charge on any atom is 0.0110 e. The van der Waals surface area contributed by atoms with Crippen molar-refractivity contribution in [2.24, 2.45) is 0 Å². The molecule has 0 unspecified atom stereocenters. The molecule has 0 aliphatic heterocycles. The van der Waals surface area contributed by atoms with Gasteiger partial charge in [-0.25, -0.2) is 0 Å². The highest BCUT2D eigenvalue weighted by atomic mass is 15.2. The zero-order chi connectivity index (χ0) is 16.6. The summed E-state index contributed by atoms with van der Waals surface area (Å²) in [4.78, 5) is 7.63. The maximum absolute atomic E-state index is 3.62. The van der Waals surface area contributed by atoms with Crippen LogP contribution in [0.2, 0.25) is 0 Å². The van der Waals surface area contributed by atoms with E-state index in [0.717, 1.165) is 32.7 Å². The molecule has 0 fully saturated rings. The molecule has 0 bridgehead atoms. The first kappa shape index (κ1) is 21.8. The van der Waals surface area contributed by atoms with E-state index in [4.69, 9.17) is 0 Å². The number of hydrogen-bond donors (Lipinski definition) is 1. The van der Waals surface area contributed by atoms with Gasteiger partial charge in [0, 0.05) is 39.3 Å². The molecular formula is C18H42N4. The summed E-state index contributed by atoms with van der Waals surface area (Å²) < 4.78 is 0. The average molecular weight is 315 g/mol. The summed E-state index contributed by atoms with van der Waals surface area (Å²) in [6.07, 6.45) is 2.52. The minimum Gasteiger partial charge on any atom is -0.314 e. The Bertz CT molecular complexity index is 213. The third-order valence-electron chi connectivity index (χ3n) is 4.36. The summed E-state index contributed by atoms with van der Waals surface area (Å²) in [6.45, 7) is 24.2. The van der Waals surface area contributed by atoms with Crippen LogP contribution in [0.25, 0.3) is 0 Å². The molecular weight excluding hydrogens is 272 g/mol. The van der Waals surface area contributed by atoms with Gasteiger partial charge in [0.2, 0.25) is 0 Å². The maximum atomic E-state index is 3.62. The Morgan fingerprint density at radius 2 is 0.955 bits per heavy atom. The Balaban J connectivity index is 3.72. The number of likely N-dealkylation sites (N-methyl/N-ethyl adjacent to an activating group) is 2. The van der Waals surface area contributed by atoms with Crippen molar-refractivity contribution >= 4 is 0 Å². The lowest BCUT2D eigenvalue weighted by Gasteiger charge is -2.25. The van der Waals surface area contributed by atoms with Crippen LogP contribution in [0, 0.1) is 0 Å². The van der Waals surface area contributed by atoms with E-state index in [9.17, 15) is 0 Å². The van der Waals surface area contributed by atoms with Gasteiger partial charge in [0.1, 0.15) is 0 Å². The van der Waals surface area contributed by atoms with Crippen molar-refractivity contribution in [3.8, 4) is 0 Å². The van der Waals surface area contributed by atoms with Gasteiger partial charge in [-0.3, -0.25) is 0 Å². The van der Waals surface area contributed by atoms with E-state index in [-0.39, 0.29) is 0 Å². The second-order valence-corrected chi connectivity index (χ2v) is 6.05. The van der Waals surface area contributed by atoms with E-state index in [0.29, 0.717) is 0 Å². The lowest BCUT2D eigenvalue weighted by molar-refractivity contribution is 0.218. The van der Waals surface area contributed by atoms with E-state index in [1.165, 1.54) is 52.1 Å². The monoisotopic (exact) mass is 314 g/mol. The van der Waals surface area contributed by atoms with Gasteiger partial charge in [-0.15, -0.1) is 0 Å². The molecule has 0 aromatic rings. The van der Waals surface area contributed by atoms with Gasteiger partial charge < -0.3 is 20.0 Å². The molecule has 22 heavy (non-hydrogen) atoms. The molecule has 0 aliphatic rings. The molecule has 0 aromatic carbocycles.